The summed E-state index contributed by atoms with van der Waals surface area (Å²) in [6, 6.07) is 0. The first-order valence-corrected chi connectivity index (χ1v) is 8.72. The van der Waals surface area contributed by atoms with Crippen LogP contribution in [-0.4, -0.2) is 70.7 Å². The van der Waals surface area contributed by atoms with Gasteiger partial charge in [-0.05, 0) is 37.3 Å². The number of carbonyl (C=O) groups is 1. The number of morpholine rings is 1. The number of carbonyl (C=O) groups excluding carboxylic acids is 1. The third-order valence-electron chi connectivity index (χ3n) is 4.66. The molecule has 2 aliphatic heterocycles. The van der Waals surface area contributed by atoms with Crippen LogP contribution in [0.4, 0.5) is 0 Å². The van der Waals surface area contributed by atoms with E-state index < -0.39 is 0 Å². The van der Waals surface area contributed by atoms with Gasteiger partial charge >= 0.3 is 0 Å². The van der Waals surface area contributed by atoms with E-state index in [1.54, 1.807) is 0 Å². The molecule has 22 heavy (non-hydrogen) atoms. The molecule has 0 aliphatic carbocycles. The molecule has 1 spiro atoms. The molecule has 3 heterocycles. The summed E-state index contributed by atoms with van der Waals surface area (Å²) in [5, 5.41) is 4.11. The number of likely N-dealkylation sites (tertiary alicyclic amines) is 1. The van der Waals surface area contributed by atoms with Crippen LogP contribution in [0.15, 0.2) is 0 Å². The van der Waals surface area contributed by atoms with Crippen molar-refractivity contribution in [2.75, 3.05) is 39.8 Å². The SMILES string of the molecule is CC(C)c1nnsc1C(=O)N1CCC2(CC1)CN(C)CCO2. The molecule has 7 heteroatoms. The number of piperidine rings is 1. The lowest BCUT2D eigenvalue weighted by molar-refractivity contribution is -0.127. The highest BCUT2D eigenvalue weighted by atomic mass is 32.1. The Morgan fingerprint density at radius 3 is 2.68 bits per heavy atom. The summed E-state index contributed by atoms with van der Waals surface area (Å²) in [6.45, 7) is 8.35. The Kier molecular flexibility index (Phi) is 4.47. The zero-order valence-electron chi connectivity index (χ0n) is 13.5. The molecule has 1 aromatic heterocycles. The first-order valence-electron chi connectivity index (χ1n) is 7.95. The lowest BCUT2D eigenvalue weighted by atomic mass is 9.89. The minimum atomic E-state index is -0.0589. The van der Waals surface area contributed by atoms with Gasteiger partial charge in [0.25, 0.3) is 5.91 Å². The second kappa shape index (κ2) is 6.22. The molecule has 1 aromatic rings. The van der Waals surface area contributed by atoms with Gasteiger partial charge in [0.1, 0.15) is 4.88 Å². The molecule has 0 atom stereocenters. The van der Waals surface area contributed by atoms with Crippen LogP contribution in [-0.2, 0) is 4.74 Å². The van der Waals surface area contributed by atoms with E-state index in [0.29, 0.717) is 4.88 Å². The normalized spacial score (nSPS) is 22.5. The molecular formula is C15H24N4O2S. The minimum Gasteiger partial charge on any atom is -0.372 e. The second-order valence-electron chi connectivity index (χ2n) is 6.70. The van der Waals surface area contributed by atoms with Crippen LogP contribution in [0.1, 0.15) is 48.0 Å². The summed E-state index contributed by atoms with van der Waals surface area (Å²) in [4.78, 5) is 17.7. The fourth-order valence-corrected chi connectivity index (χ4v) is 4.11. The quantitative estimate of drug-likeness (QED) is 0.827. The first kappa shape index (κ1) is 15.8. The van der Waals surface area contributed by atoms with E-state index in [1.165, 1.54) is 11.5 Å². The van der Waals surface area contributed by atoms with Crippen molar-refractivity contribution in [2.45, 2.75) is 38.2 Å². The molecule has 2 fully saturated rings. The Morgan fingerprint density at radius 2 is 2.05 bits per heavy atom. The molecule has 2 aliphatic rings. The molecule has 122 valence electrons. The van der Waals surface area contributed by atoms with Crippen molar-refractivity contribution in [3.63, 3.8) is 0 Å². The Balaban J connectivity index is 1.66. The van der Waals surface area contributed by atoms with Gasteiger partial charge < -0.3 is 14.5 Å². The highest BCUT2D eigenvalue weighted by Gasteiger charge is 2.40. The number of hydrogen-bond donors (Lipinski definition) is 0. The van der Waals surface area contributed by atoms with E-state index in [2.05, 4.69) is 21.5 Å². The zero-order valence-corrected chi connectivity index (χ0v) is 14.4. The average molecular weight is 324 g/mol. The molecule has 3 rings (SSSR count). The summed E-state index contributed by atoms with van der Waals surface area (Å²) < 4.78 is 10.0. The number of aromatic nitrogens is 2. The third-order valence-corrected chi connectivity index (χ3v) is 5.39. The first-order chi connectivity index (χ1) is 10.5. The Bertz CT molecular complexity index is 537. The monoisotopic (exact) mass is 324 g/mol. The predicted molar refractivity (Wildman–Crippen MR) is 85.3 cm³/mol. The maximum Gasteiger partial charge on any atom is 0.267 e. The maximum absolute atomic E-state index is 12.7. The third kappa shape index (κ3) is 3.02. The molecule has 0 aromatic carbocycles. The van der Waals surface area contributed by atoms with Gasteiger partial charge in [-0.15, -0.1) is 5.10 Å². The van der Waals surface area contributed by atoms with Gasteiger partial charge in [0.05, 0.1) is 17.9 Å². The topological polar surface area (TPSA) is 58.6 Å². The Morgan fingerprint density at radius 1 is 1.32 bits per heavy atom. The Labute approximate surface area is 135 Å². The fourth-order valence-electron chi connectivity index (χ4n) is 3.32. The van der Waals surface area contributed by atoms with Gasteiger partial charge in [-0.1, -0.05) is 18.3 Å². The highest BCUT2D eigenvalue weighted by Crippen LogP contribution is 2.31. The van der Waals surface area contributed by atoms with Crippen molar-refractivity contribution in [3.05, 3.63) is 10.6 Å². The highest BCUT2D eigenvalue weighted by molar-refractivity contribution is 7.08. The van der Waals surface area contributed by atoms with E-state index >= 15 is 0 Å². The van der Waals surface area contributed by atoms with Gasteiger partial charge in [0.15, 0.2) is 0 Å². The largest absolute Gasteiger partial charge is 0.372 e. The van der Waals surface area contributed by atoms with Crippen LogP contribution in [0.25, 0.3) is 0 Å². The second-order valence-corrected chi connectivity index (χ2v) is 7.46. The lowest BCUT2D eigenvalue weighted by Crippen LogP contribution is -2.56. The van der Waals surface area contributed by atoms with Crippen molar-refractivity contribution in [2.24, 2.45) is 0 Å². The van der Waals surface area contributed by atoms with Gasteiger partial charge in [-0.2, -0.15) is 0 Å². The molecule has 0 N–H and O–H groups in total. The number of ether oxygens (including phenoxy) is 1. The van der Waals surface area contributed by atoms with E-state index in [0.717, 1.165) is 51.3 Å². The van der Waals surface area contributed by atoms with Crippen molar-refractivity contribution in [3.8, 4) is 0 Å². The van der Waals surface area contributed by atoms with Gasteiger partial charge in [-0.3, -0.25) is 4.79 Å². The summed E-state index contributed by atoms with van der Waals surface area (Å²) >= 11 is 1.22. The predicted octanol–water partition coefficient (Wildman–Crippen LogP) is 1.60. The summed E-state index contributed by atoms with van der Waals surface area (Å²) in [7, 11) is 2.14. The van der Waals surface area contributed by atoms with E-state index in [4.69, 9.17) is 4.74 Å². The zero-order chi connectivity index (χ0) is 15.7. The van der Waals surface area contributed by atoms with Crippen LogP contribution in [0.3, 0.4) is 0 Å². The molecule has 0 unspecified atom stereocenters. The van der Waals surface area contributed by atoms with Crippen molar-refractivity contribution < 1.29 is 9.53 Å². The van der Waals surface area contributed by atoms with Gasteiger partial charge in [0, 0.05) is 26.2 Å². The number of likely N-dealkylation sites (N-methyl/N-ethyl adjacent to an activating group) is 1. The van der Waals surface area contributed by atoms with Crippen LogP contribution in [0.5, 0.6) is 0 Å². The van der Waals surface area contributed by atoms with E-state index in [1.807, 2.05) is 18.7 Å². The van der Waals surface area contributed by atoms with E-state index in [-0.39, 0.29) is 17.4 Å². The standard InChI is InChI=1S/C15H24N4O2S/c1-11(2)12-13(22-17-16-12)14(20)19-6-4-15(5-7-19)10-18(3)8-9-21-15/h11H,4-10H2,1-3H3. The number of rotatable bonds is 2. The molecule has 2 saturated heterocycles. The van der Waals surface area contributed by atoms with Crippen molar-refractivity contribution >= 4 is 17.4 Å². The number of hydrogen-bond acceptors (Lipinski definition) is 6. The van der Waals surface area contributed by atoms with Crippen molar-refractivity contribution in [1.29, 1.82) is 0 Å². The van der Waals surface area contributed by atoms with E-state index in [9.17, 15) is 4.79 Å². The molecule has 0 bridgehead atoms. The lowest BCUT2D eigenvalue weighted by Gasteiger charge is -2.46. The summed E-state index contributed by atoms with van der Waals surface area (Å²) in [5.74, 6) is 0.307. The van der Waals surface area contributed by atoms with Crippen LogP contribution in [0, 0.1) is 0 Å². The summed E-state index contributed by atoms with van der Waals surface area (Å²) in [5.41, 5.74) is 0.764. The maximum atomic E-state index is 12.7. The van der Waals surface area contributed by atoms with Gasteiger partial charge in [-0.25, -0.2) is 0 Å². The van der Waals surface area contributed by atoms with Crippen LogP contribution in [0.2, 0.25) is 0 Å². The van der Waals surface area contributed by atoms with Crippen LogP contribution >= 0.6 is 11.5 Å². The molecule has 1 amide bonds. The minimum absolute atomic E-state index is 0.0589. The average Bonchev–Trinajstić information content (AvgIpc) is 2.97. The molecule has 0 saturated carbocycles. The molecular weight excluding hydrogens is 300 g/mol. The molecule has 6 nitrogen and oxygen atoms in total. The van der Waals surface area contributed by atoms with Gasteiger partial charge in [0.2, 0.25) is 0 Å². The van der Waals surface area contributed by atoms with Crippen molar-refractivity contribution in [1.82, 2.24) is 19.4 Å². The fraction of sp³-hybridized carbons (Fsp3) is 0.800. The number of amides is 1. The van der Waals surface area contributed by atoms with Crippen LogP contribution < -0.4 is 0 Å². The Hall–Kier alpha value is -1.05. The number of nitrogens with zero attached hydrogens (tertiary/aromatic N) is 4. The smallest absolute Gasteiger partial charge is 0.267 e. The molecule has 0 radical (unpaired) electrons. The summed E-state index contributed by atoms with van der Waals surface area (Å²) in [6.07, 6.45) is 1.82.